The molecule has 1 aromatic rings. The molecule has 0 bridgehead atoms. The molecule has 0 aliphatic rings. The summed E-state index contributed by atoms with van der Waals surface area (Å²) in [5, 5.41) is 0. The summed E-state index contributed by atoms with van der Waals surface area (Å²) in [6, 6.07) is 3.93. The first-order valence-electron chi connectivity index (χ1n) is 6.80. The summed E-state index contributed by atoms with van der Waals surface area (Å²) in [6.45, 7) is 7.66. The van der Waals surface area contributed by atoms with Gasteiger partial charge < -0.3 is 9.47 Å². The van der Waals surface area contributed by atoms with Crippen LogP contribution in [0, 0.1) is 5.92 Å². The summed E-state index contributed by atoms with van der Waals surface area (Å²) >= 11 is 9.42. The molecule has 108 valence electrons. The Bertz CT molecular complexity index is 392. The van der Waals surface area contributed by atoms with Crippen molar-refractivity contribution >= 4 is 27.5 Å². The van der Waals surface area contributed by atoms with Crippen molar-refractivity contribution in [3.8, 4) is 11.5 Å². The van der Waals surface area contributed by atoms with Crippen LogP contribution in [0.4, 0.5) is 0 Å². The van der Waals surface area contributed by atoms with E-state index in [-0.39, 0.29) is 0 Å². The zero-order chi connectivity index (χ0) is 14.3. The number of hydrogen-bond donors (Lipinski definition) is 0. The number of hydrogen-bond acceptors (Lipinski definition) is 2. The quantitative estimate of drug-likeness (QED) is 0.585. The fraction of sp³-hybridized carbons (Fsp3) is 0.600. The van der Waals surface area contributed by atoms with Crippen LogP contribution in [0.2, 0.25) is 0 Å². The molecule has 0 saturated carbocycles. The second-order valence-electron chi connectivity index (χ2n) is 4.47. The van der Waals surface area contributed by atoms with E-state index < -0.39 is 0 Å². The van der Waals surface area contributed by atoms with Crippen molar-refractivity contribution in [2.45, 2.75) is 39.5 Å². The summed E-state index contributed by atoms with van der Waals surface area (Å²) in [4.78, 5) is 0. The lowest BCUT2D eigenvalue weighted by atomic mass is 10.1. The molecule has 2 nitrogen and oxygen atoms in total. The average molecular weight is 350 g/mol. The van der Waals surface area contributed by atoms with Crippen LogP contribution in [0.15, 0.2) is 16.6 Å². The van der Waals surface area contributed by atoms with Crippen molar-refractivity contribution in [2.24, 2.45) is 5.92 Å². The fourth-order valence-electron chi connectivity index (χ4n) is 1.83. The monoisotopic (exact) mass is 348 g/mol. The summed E-state index contributed by atoms with van der Waals surface area (Å²) in [7, 11) is 0. The third kappa shape index (κ3) is 4.88. The number of alkyl halides is 1. The lowest BCUT2D eigenvalue weighted by Crippen LogP contribution is -2.11. The van der Waals surface area contributed by atoms with Gasteiger partial charge in [0, 0.05) is 5.88 Å². The molecule has 0 fully saturated rings. The summed E-state index contributed by atoms with van der Waals surface area (Å²) in [5.74, 6) is 2.58. The maximum Gasteiger partial charge on any atom is 0.175 e. The van der Waals surface area contributed by atoms with Gasteiger partial charge in [-0.3, -0.25) is 0 Å². The molecule has 0 aromatic heterocycles. The first-order chi connectivity index (χ1) is 9.15. The fourth-order valence-corrected chi connectivity index (χ4v) is 2.59. The van der Waals surface area contributed by atoms with Gasteiger partial charge >= 0.3 is 0 Å². The molecule has 1 aromatic carbocycles. The van der Waals surface area contributed by atoms with Crippen LogP contribution in [0.25, 0.3) is 0 Å². The van der Waals surface area contributed by atoms with E-state index in [0.29, 0.717) is 25.0 Å². The van der Waals surface area contributed by atoms with Gasteiger partial charge in [0.25, 0.3) is 0 Å². The molecule has 4 heteroatoms. The van der Waals surface area contributed by atoms with Crippen LogP contribution < -0.4 is 9.47 Å². The summed E-state index contributed by atoms with van der Waals surface area (Å²) < 4.78 is 12.5. The van der Waals surface area contributed by atoms with Gasteiger partial charge in [-0.1, -0.05) is 26.7 Å². The van der Waals surface area contributed by atoms with E-state index in [9.17, 15) is 0 Å². The molecular weight excluding hydrogens is 328 g/mol. The van der Waals surface area contributed by atoms with Crippen molar-refractivity contribution < 1.29 is 9.47 Å². The van der Waals surface area contributed by atoms with E-state index in [4.69, 9.17) is 21.1 Å². The molecule has 0 unspecified atom stereocenters. The van der Waals surface area contributed by atoms with Crippen LogP contribution >= 0.6 is 27.5 Å². The highest BCUT2D eigenvalue weighted by molar-refractivity contribution is 9.10. The van der Waals surface area contributed by atoms with Crippen LogP contribution in [0.3, 0.4) is 0 Å². The second-order valence-corrected chi connectivity index (χ2v) is 5.59. The Morgan fingerprint density at radius 2 is 1.84 bits per heavy atom. The van der Waals surface area contributed by atoms with Gasteiger partial charge in [0.05, 0.1) is 17.7 Å². The highest BCUT2D eigenvalue weighted by Crippen LogP contribution is 2.37. The van der Waals surface area contributed by atoms with Crippen LogP contribution in [-0.4, -0.2) is 13.2 Å². The molecule has 1 rings (SSSR count). The summed E-state index contributed by atoms with van der Waals surface area (Å²) in [6.07, 6.45) is 2.25. The average Bonchev–Trinajstić information content (AvgIpc) is 2.42. The van der Waals surface area contributed by atoms with Gasteiger partial charge in [-0.15, -0.1) is 11.6 Å². The normalized spacial score (nSPS) is 10.8. The Morgan fingerprint density at radius 3 is 2.37 bits per heavy atom. The van der Waals surface area contributed by atoms with Crippen LogP contribution in [-0.2, 0) is 5.88 Å². The topological polar surface area (TPSA) is 18.5 Å². The molecular formula is C15H22BrClO2. The zero-order valence-corrected chi connectivity index (χ0v) is 14.2. The van der Waals surface area contributed by atoms with Gasteiger partial charge in [0.2, 0.25) is 0 Å². The van der Waals surface area contributed by atoms with Gasteiger partial charge in [-0.2, -0.15) is 0 Å². The van der Waals surface area contributed by atoms with Gasteiger partial charge in [0.1, 0.15) is 0 Å². The van der Waals surface area contributed by atoms with Crippen molar-refractivity contribution in [3.05, 3.63) is 22.2 Å². The predicted molar refractivity (Wildman–Crippen MR) is 84.4 cm³/mol. The Labute approximate surface area is 129 Å². The van der Waals surface area contributed by atoms with E-state index in [0.717, 1.165) is 34.4 Å². The molecule has 0 aliphatic heterocycles. The number of rotatable bonds is 8. The van der Waals surface area contributed by atoms with Gasteiger partial charge in [-0.25, -0.2) is 0 Å². The highest BCUT2D eigenvalue weighted by atomic mass is 79.9. The molecule has 19 heavy (non-hydrogen) atoms. The molecule has 0 aliphatic carbocycles. The lowest BCUT2D eigenvalue weighted by molar-refractivity contribution is 0.224. The van der Waals surface area contributed by atoms with Crippen LogP contribution in [0.1, 0.15) is 39.2 Å². The third-order valence-corrected chi connectivity index (χ3v) is 4.04. The lowest BCUT2D eigenvalue weighted by Gasteiger charge is -2.18. The third-order valence-electron chi connectivity index (χ3n) is 3.14. The smallest absolute Gasteiger partial charge is 0.175 e. The van der Waals surface area contributed by atoms with Crippen molar-refractivity contribution in [3.63, 3.8) is 0 Å². The molecule has 0 N–H and O–H groups in total. The SMILES string of the molecule is CCOc1cc(CCl)cc(Br)c1OCC(CC)CC. The van der Waals surface area contributed by atoms with Crippen molar-refractivity contribution in [2.75, 3.05) is 13.2 Å². The van der Waals surface area contributed by atoms with E-state index in [1.54, 1.807) is 0 Å². The Balaban J connectivity index is 2.91. The van der Waals surface area contributed by atoms with E-state index in [1.807, 2.05) is 19.1 Å². The van der Waals surface area contributed by atoms with E-state index in [1.165, 1.54) is 0 Å². The van der Waals surface area contributed by atoms with E-state index >= 15 is 0 Å². The van der Waals surface area contributed by atoms with E-state index in [2.05, 4.69) is 29.8 Å². The summed E-state index contributed by atoms with van der Waals surface area (Å²) in [5.41, 5.74) is 1.02. The maximum absolute atomic E-state index is 5.95. The van der Waals surface area contributed by atoms with Gasteiger partial charge in [0.15, 0.2) is 11.5 Å². The minimum atomic E-state index is 0.464. The highest BCUT2D eigenvalue weighted by Gasteiger charge is 2.14. The number of halogens is 2. The van der Waals surface area contributed by atoms with Crippen LogP contribution in [0.5, 0.6) is 11.5 Å². The predicted octanol–water partition coefficient (Wildman–Crippen LogP) is 5.40. The molecule has 0 heterocycles. The minimum Gasteiger partial charge on any atom is -0.490 e. The molecule has 0 spiro atoms. The Morgan fingerprint density at radius 1 is 1.16 bits per heavy atom. The standard InChI is InChI=1S/C15H22BrClO2/c1-4-11(5-2)10-19-15-13(16)7-12(9-17)8-14(15)18-6-3/h7-8,11H,4-6,9-10H2,1-3H3. The Hall–Kier alpha value is -0.410. The minimum absolute atomic E-state index is 0.464. The second kappa shape index (κ2) is 8.70. The molecule has 0 radical (unpaired) electrons. The Kier molecular flexibility index (Phi) is 7.62. The number of benzene rings is 1. The largest absolute Gasteiger partial charge is 0.490 e. The molecule has 0 saturated heterocycles. The number of ether oxygens (including phenoxy) is 2. The molecule has 0 amide bonds. The first-order valence-corrected chi connectivity index (χ1v) is 8.12. The van der Waals surface area contributed by atoms with Crippen molar-refractivity contribution in [1.82, 2.24) is 0 Å². The maximum atomic E-state index is 5.95. The molecule has 0 atom stereocenters. The van der Waals surface area contributed by atoms with Gasteiger partial charge in [-0.05, 0) is 46.5 Å². The zero-order valence-electron chi connectivity index (χ0n) is 11.8. The first kappa shape index (κ1) is 16.6. The van der Waals surface area contributed by atoms with Crippen molar-refractivity contribution in [1.29, 1.82) is 0 Å².